The van der Waals surface area contributed by atoms with Crippen LogP contribution in [0.25, 0.3) is 11.0 Å². The summed E-state index contributed by atoms with van der Waals surface area (Å²) in [5.41, 5.74) is 3.56. The third kappa shape index (κ3) is 4.81. The van der Waals surface area contributed by atoms with Gasteiger partial charge in [-0.1, -0.05) is 51.2 Å². The van der Waals surface area contributed by atoms with Gasteiger partial charge in [0.05, 0.1) is 34.2 Å². The molecule has 1 N–H and O–H groups in total. The molecular formula is C26H30N4O4. The fourth-order valence-electron chi connectivity index (χ4n) is 4.45. The Morgan fingerprint density at radius 2 is 1.79 bits per heavy atom. The number of para-hydroxylation sites is 2. The molecule has 0 bridgehead atoms. The van der Waals surface area contributed by atoms with E-state index in [9.17, 15) is 14.9 Å². The number of aromatic nitrogens is 2. The van der Waals surface area contributed by atoms with Crippen LogP contribution in [0.15, 0.2) is 59.8 Å². The molecule has 1 atom stereocenters. The number of hydrogen-bond donors (Lipinski definition) is 1. The van der Waals surface area contributed by atoms with Crippen LogP contribution in [0, 0.1) is 10.1 Å². The lowest BCUT2D eigenvalue weighted by atomic mass is 9.95. The molecule has 34 heavy (non-hydrogen) atoms. The van der Waals surface area contributed by atoms with Crippen LogP contribution in [-0.4, -0.2) is 27.1 Å². The number of anilines is 1. The molecule has 1 aliphatic rings. The number of nitro benzene ring substituents is 1. The van der Waals surface area contributed by atoms with Gasteiger partial charge in [-0.3, -0.25) is 14.7 Å². The van der Waals surface area contributed by atoms with Crippen LogP contribution in [-0.2, 0) is 9.53 Å². The number of allylic oxidation sites excluding steroid dienone is 1. The summed E-state index contributed by atoms with van der Waals surface area (Å²) < 4.78 is 7.66. The standard InChI is InChI=1S/C26H30N4O4/c1-3-4-5-6-7-10-17-34-25(31)23-18(2)27-26-28-21-11-8-9-12-22(21)29(26)24(23)19-13-15-20(16-14-19)30(32)33/h8-9,11-16,24H,3-7,10,17H2,1-2H3,(H,27,28)/t24-/m1/s1. The largest absolute Gasteiger partial charge is 0.462 e. The molecule has 4 rings (SSSR count). The van der Waals surface area contributed by atoms with Crippen molar-refractivity contribution < 1.29 is 14.5 Å². The molecule has 0 fully saturated rings. The predicted molar refractivity (Wildman–Crippen MR) is 132 cm³/mol. The first-order valence-corrected chi connectivity index (χ1v) is 11.9. The van der Waals surface area contributed by atoms with Crippen molar-refractivity contribution >= 4 is 28.6 Å². The topological polar surface area (TPSA) is 99.3 Å². The zero-order chi connectivity index (χ0) is 24.1. The van der Waals surface area contributed by atoms with Crippen LogP contribution in [0.2, 0.25) is 0 Å². The lowest BCUT2D eigenvalue weighted by Gasteiger charge is -2.30. The quantitative estimate of drug-likeness (QED) is 0.168. The number of carbonyl (C=O) groups is 1. The van der Waals surface area contributed by atoms with Crippen LogP contribution in [0.5, 0.6) is 0 Å². The number of rotatable bonds is 10. The molecule has 0 unspecified atom stereocenters. The maximum absolute atomic E-state index is 13.3. The summed E-state index contributed by atoms with van der Waals surface area (Å²) in [5.74, 6) is 0.236. The number of non-ortho nitro benzene ring substituents is 1. The second-order valence-electron chi connectivity index (χ2n) is 8.61. The molecule has 3 aromatic rings. The zero-order valence-corrected chi connectivity index (χ0v) is 19.6. The van der Waals surface area contributed by atoms with E-state index >= 15 is 0 Å². The lowest BCUT2D eigenvalue weighted by molar-refractivity contribution is -0.384. The Morgan fingerprint density at radius 3 is 2.53 bits per heavy atom. The van der Waals surface area contributed by atoms with E-state index < -0.39 is 11.0 Å². The molecular weight excluding hydrogens is 432 g/mol. The van der Waals surface area contributed by atoms with Gasteiger partial charge in [0.2, 0.25) is 5.95 Å². The number of carbonyl (C=O) groups excluding carboxylic acids is 1. The van der Waals surface area contributed by atoms with E-state index in [2.05, 4.69) is 17.2 Å². The molecule has 0 spiro atoms. The van der Waals surface area contributed by atoms with Gasteiger partial charge in [-0.15, -0.1) is 0 Å². The first-order valence-electron chi connectivity index (χ1n) is 11.9. The smallest absolute Gasteiger partial charge is 0.338 e. The van der Waals surface area contributed by atoms with Gasteiger partial charge in [0.1, 0.15) is 0 Å². The summed E-state index contributed by atoms with van der Waals surface area (Å²) in [4.78, 5) is 28.7. The minimum Gasteiger partial charge on any atom is -0.462 e. The monoisotopic (exact) mass is 462 g/mol. The van der Waals surface area contributed by atoms with Crippen molar-refractivity contribution in [2.24, 2.45) is 0 Å². The Morgan fingerprint density at radius 1 is 1.09 bits per heavy atom. The van der Waals surface area contributed by atoms with Crippen LogP contribution >= 0.6 is 0 Å². The number of nitrogens with zero attached hydrogens (tertiary/aromatic N) is 3. The van der Waals surface area contributed by atoms with Crippen LogP contribution < -0.4 is 5.32 Å². The van der Waals surface area contributed by atoms with Gasteiger partial charge in [0.15, 0.2) is 0 Å². The summed E-state index contributed by atoms with van der Waals surface area (Å²) in [6.45, 7) is 4.39. The van der Waals surface area contributed by atoms with Crippen molar-refractivity contribution in [3.63, 3.8) is 0 Å². The molecule has 178 valence electrons. The van der Waals surface area contributed by atoms with Gasteiger partial charge in [0, 0.05) is 17.8 Å². The van der Waals surface area contributed by atoms with Crippen molar-refractivity contribution in [1.29, 1.82) is 0 Å². The highest BCUT2D eigenvalue weighted by Crippen LogP contribution is 2.39. The maximum Gasteiger partial charge on any atom is 0.338 e. The molecule has 8 heteroatoms. The number of ether oxygens (including phenoxy) is 1. The number of nitrogens with one attached hydrogen (secondary N) is 1. The van der Waals surface area contributed by atoms with Gasteiger partial charge in [-0.25, -0.2) is 9.78 Å². The van der Waals surface area contributed by atoms with Gasteiger partial charge < -0.3 is 10.1 Å². The average Bonchev–Trinajstić information content (AvgIpc) is 3.20. The summed E-state index contributed by atoms with van der Waals surface area (Å²) in [7, 11) is 0. The molecule has 0 amide bonds. The number of nitro groups is 1. The number of hydrogen-bond acceptors (Lipinski definition) is 6. The summed E-state index contributed by atoms with van der Waals surface area (Å²) in [6.07, 6.45) is 6.64. The number of esters is 1. The van der Waals surface area contributed by atoms with Gasteiger partial charge in [-0.05, 0) is 43.2 Å². The van der Waals surface area contributed by atoms with Crippen molar-refractivity contribution in [2.75, 3.05) is 11.9 Å². The third-order valence-corrected chi connectivity index (χ3v) is 6.20. The van der Waals surface area contributed by atoms with E-state index in [1.165, 1.54) is 31.4 Å². The Kier molecular flexibility index (Phi) is 7.25. The van der Waals surface area contributed by atoms with Crippen LogP contribution in [0.1, 0.15) is 64.0 Å². The molecule has 1 aliphatic heterocycles. The second-order valence-corrected chi connectivity index (χ2v) is 8.61. The summed E-state index contributed by atoms with van der Waals surface area (Å²) in [6, 6.07) is 13.5. The van der Waals surface area contributed by atoms with Gasteiger partial charge >= 0.3 is 5.97 Å². The molecule has 0 saturated heterocycles. The van der Waals surface area contributed by atoms with E-state index in [1.807, 2.05) is 35.8 Å². The third-order valence-electron chi connectivity index (χ3n) is 6.20. The van der Waals surface area contributed by atoms with E-state index in [4.69, 9.17) is 4.74 Å². The van der Waals surface area contributed by atoms with Gasteiger partial charge in [0.25, 0.3) is 5.69 Å². The Balaban J connectivity index is 1.64. The van der Waals surface area contributed by atoms with E-state index in [1.54, 1.807) is 12.1 Å². The van der Waals surface area contributed by atoms with E-state index in [0.29, 0.717) is 23.8 Å². The second kappa shape index (κ2) is 10.5. The van der Waals surface area contributed by atoms with Crippen molar-refractivity contribution in [2.45, 2.75) is 58.4 Å². The minimum atomic E-state index is -0.512. The van der Waals surface area contributed by atoms with Crippen molar-refractivity contribution in [3.8, 4) is 0 Å². The van der Waals surface area contributed by atoms with Crippen LogP contribution in [0.3, 0.4) is 0 Å². The molecule has 2 aromatic carbocycles. The Bertz CT molecular complexity index is 1210. The van der Waals surface area contributed by atoms with Crippen molar-refractivity contribution in [3.05, 3.63) is 75.5 Å². The molecule has 0 radical (unpaired) electrons. The molecule has 1 aromatic heterocycles. The predicted octanol–water partition coefficient (Wildman–Crippen LogP) is 6.14. The van der Waals surface area contributed by atoms with Crippen LogP contribution in [0.4, 0.5) is 11.6 Å². The first-order chi connectivity index (χ1) is 16.5. The SMILES string of the molecule is CCCCCCCCOC(=O)C1=C(C)Nc2nc3ccccc3n2[C@@H]1c1ccc([N+](=O)[O-])cc1. The van der Waals surface area contributed by atoms with Gasteiger partial charge in [-0.2, -0.15) is 0 Å². The highest BCUT2D eigenvalue weighted by molar-refractivity contribution is 5.94. The molecule has 0 aliphatic carbocycles. The number of unbranched alkanes of at least 4 members (excludes halogenated alkanes) is 5. The number of fused-ring (bicyclic) bond motifs is 3. The zero-order valence-electron chi connectivity index (χ0n) is 19.6. The number of benzene rings is 2. The lowest BCUT2D eigenvalue weighted by Crippen LogP contribution is -2.29. The highest BCUT2D eigenvalue weighted by Gasteiger charge is 2.35. The number of imidazole rings is 1. The highest BCUT2D eigenvalue weighted by atomic mass is 16.6. The average molecular weight is 463 g/mol. The Labute approximate surface area is 198 Å². The maximum atomic E-state index is 13.3. The van der Waals surface area contributed by atoms with Crippen molar-refractivity contribution in [1.82, 2.24) is 9.55 Å². The molecule has 2 heterocycles. The minimum absolute atomic E-state index is 0.00120. The Hall–Kier alpha value is -3.68. The summed E-state index contributed by atoms with van der Waals surface area (Å²) in [5, 5.41) is 14.4. The normalized spacial score (nSPS) is 15.2. The first kappa shape index (κ1) is 23.5. The molecule has 0 saturated carbocycles. The van der Waals surface area contributed by atoms with E-state index in [0.717, 1.165) is 35.9 Å². The fraction of sp³-hybridized carbons (Fsp3) is 0.385. The fourth-order valence-corrected chi connectivity index (χ4v) is 4.45. The molecule has 8 nitrogen and oxygen atoms in total. The van der Waals surface area contributed by atoms with E-state index in [-0.39, 0.29) is 11.7 Å². The summed E-state index contributed by atoms with van der Waals surface area (Å²) >= 11 is 0.